The first-order valence-electron chi connectivity index (χ1n) is 7.29. The summed E-state index contributed by atoms with van der Waals surface area (Å²) in [6.07, 6.45) is 0. The van der Waals surface area contributed by atoms with Crippen molar-refractivity contribution in [3.63, 3.8) is 0 Å². The molecular weight excluding hydrogens is 332 g/mol. The van der Waals surface area contributed by atoms with E-state index in [0.29, 0.717) is 9.92 Å². The van der Waals surface area contributed by atoms with E-state index in [4.69, 9.17) is 11.6 Å². The number of benzene rings is 2. The monoisotopic (exact) mass is 352 g/mol. The molecule has 4 nitrogen and oxygen atoms in total. The minimum Gasteiger partial charge on any atom is -0.301 e. The van der Waals surface area contributed by atoms with Gasteiger partial charge in [-0.1, -0.05) is 48.0 Å². The number of nitrogens with one attached hydrogen (secondary N) is 1. The zero-order valence-electron chi connectivity index (χ0n) is 13.5. The number of hydrogen-bond donors (Lipinski definition) is 1. The molecule has 0 heterocycles. The molecule has 0 bridgehead atoms. The van der Waals surface area contributed by atoms with Gasteiger partial charge >= 0.3 is 0 Å². The van der Waals surface area contributed by atoms with E-state index in [9.17, 15) is 8.42 Å². The van der Waals surface area contributed by atoms with Crippen LogP contribution in [-0.2, 0) is 10.0 Å². The molecule has 0 aliphatic carbocycles. The predicted molar refractivity (Wildman–Crippen MR) is 94.2 cm³/mol. The van der Waals surface area contributed by atoms with Crippen molar-refractivity contribution in [1.82, 2.24) is 9.62 Å². The van der Waals surface area contributed by atoms with Gasteiger partial charge in [0, 0.05) is 17.6 Å². The molecular formula is C17H21ClN2O2S. The van der Waals surface area contributed by atoms with Gasteiger partial charge < -0.3 is 4.90 Å². The number of nitrogens with zero attached hydrogens (tertiary/aromatic N) is 1. The Bertz CT molecular complexity index is 776. The molecule has 0 aliphatic rings. The largest absolute Gasteiger partial charge is 0.301 e. The minimum absolute atomic E-state index is 0.150. The molecule has 0 spiro atoms. The lowest BCUT2D eigenvalue weighted by Gasteiger charge is -2.26. The van der Waals surface area contributed by atoms with Gasteiger partial charge in [-0.15, -0.1) is 0 Å². The highest BCUT2D eigenvalue weighted by Crippen LogP contribution is 2.26. The van der Waals surface area contributed by atoms with Crippen LogP contribution in [0, 0.1) is 6.92 Å². The van der Waals surface area contributed by atoms with Crippen molar-refractivity contribution in [2.45, 2.75) is 17.9 Å². The van der Waals surface area contributed by atoms with Crippen molar-refractivity contribution in [3.05, 3.63) is 64.7 Å². The molecule has 1 unspecified atom stereocenters. The highest BCUT2D eigenvalue weighted by Gasteiger charge is 2.22. The normalized spacial score (nSPS) is 13.3. The second-order valence-corrected chi connectivity index (χ2v) is 7.76. The number of halogens is 1. The van der Waals surface area contributed by atoms with Gasteiger partial charge in [0.25, 0.3) is 0 Å². The summed E-state index contributed by atoms with van der Waals surface area (Å²) in [6, 6.07) is 14.3. The Labute approximate surface area is 143 Å². The topological polar surface area (TPSA) is 49.4 Å². The predicted octanol–water partition coefficient (Wildman–Crippen LogP) is 3.23. The van der Waals surface area contributed by atoms with Crippen molar-refractivity contribution in [2.75, 3.05) is 20.6 Å². The van der Waals surface area contributed by atoms with Gasteiger partial charge in [0.15, 0.2) is 0 Å². The molecule has 0 radical (unpaired) electrons. The molecule has 0 aromatic heterocycles. The van der Waals surface area contributed by atoms with Crippen LogP contribution >= 0.6 is 11.6 Å². The summed E-state index contributed by atoms with van der Waals surface area (Å²) in [7, 11) is 0.238. The van der Waals surface area contributed by atoms with Gasteiger partial charge in [0.2, 0.25) is 10.0 Å². The van der Waals surface area contributed by atoms with Crippen LogP contribution in [0.3, 0.4) is 0 Å². The van der Waals surface area contributed by atoms with E-state index in [0.717, 1.165) is 11.1 Å². The standard InChI is InChI=1S/C17H21ClN2O2S/c1-13-8-4-7-11-17(13)23(21,22)19-12-16(20(2)3)14-9-5-6-10-15(14)18/h4-11,16,19H,12H2,1-3H3. The third-order valence-corrected chi connectivity index (χ3v) is 5.67. The zero-order chi connectivity index (χ0) is 17.0. The van der Waals surface area contributed by atoms with E-state index in [1.807, 2.05) is 49.3 Å². The van der Waals surface area contributed by atoms with Crippen LogP contribution in [0.15, 0.2) is 53.4 Å². The molecule has 0 aliphatic heterocycles. The summed E-state index contributed by atoms with van der Waals surface area (Å²) in [5.41, 5.74) is 1.62. The van der Waals surface area contributed by atoms with Crippen LogP contribution in [0.5, 0.6) is 0 Å². The zero-order valence-corrected chi connectivity index (χ0v) is 15.0. The van der Waals surface area contributed by atoms with Gasteiger partial charge in [-0.2, -0.15) is 0 Å². The molecule has 0 amide bonds. The third kappa shape index (κ3) is 4.32. The molecule has 124 valence electrons. The number of likely N-dealkylation sites (N-methyl/N-ethyl adjacent to an activating group) is 1. The van der Waals surface area contributed by atoms with Crippen LogP contribution in [0.4, 0.5) is 0 Å². The number of sulfonamides is 1. The lowest BCUT2D eigenvalue weighted by molar-refractivity contribution is 0.299. The van der Waals surface area contributed by atoms with E-state index in [1.54, 1.807) is 25.1 Å². The first kappa shape index (κ1) is 17.9. The minimum atomic E-state index is -3.56. The van der Waals surface area contributed by atoms with Crippen LogP contribution in [0.2, 0.25) is 5.02 Å². The molecule has 0 saturated carbocycles. The lowest BCUT2D eigenvalue weighted by atomic mass is 10.1. The molecule has 23 heavy (non-hydrogen) atoms. The van der Waals surface area contributed by atoms with Gasteiger partial charge in [0.1, 0.15) is 0 Å². The Morgan fingerprint density at radius 1 is 1.09 bits per heavy atom. The summed E-state index contributed by atoms with van der Waals surface area (Å²) < 4.78 is 27.8. The van der Waals surface area contributed by atoms with Crippen LogP contribution in [-0.4, -0.2) is 34.0 Å². The van der Waals surface area contributed by atoms with E-state index in [2.05, 4.69) is 4.72 Å². The van der Waals surface area contributed by atoms with Crippen LogP contribution in [0.1, 0.15) is 17.2 Å². The molecule has 0 fully saturated rings. The van der Waals surface area contributed by atoms with E-state index in [1.165, 1.54) is 0 Å². The quantitative estimate of drug-likeness (QED) is 0.868. The maximum Gasteiger partial charge on any atom is 0.240 e. The molecule has 2 rings (SSSR count). The van der Waals surface area contributed by atoms with Crippen molar-refractivity contribution in [1.29, 1.82) is 0 Å². The van der Waals surface area contributed by atoms with Gasteiger partial charge in [-0.05, 0) is 44.3 Å². The fourth-order valence-corrected chi connectivity index (χ4v) is 3.98. The van der Waals surface area contributed by atoms with Crippen molar-refractivity contribution < 1.29 is 8.42 Å². The molecule has 1 atom stereocenters. The van der Waals surface area contributed by atoms with Crippen molar-refractivity contribution in [2.24, 2.45) is 0 Å². The summed E-state index contributed by atoms with van der Waals surface area (Å²) in [5.74, 6) is 0. The maximum atomic E-state index is 12.5. The lowest BCUT2D eigenvalue weighted by Crippen LogP contribution is -2.35. The average molecular weight is 353 g/mol. The number of hydrogen-bond acceptors (Lipinski definition) is 3. The van der Waals surface area contributed by atoms with E-state index < -0.39 is 10.0 Å². The Morgan fingerprint density at radius 3 is 2.30 bits per heavy atom. The van der Waals surface area contributed by atoms with Gasteiger partial charge in [0.05, 0.1) is 4.90 Å². The second-order valence-electron chi connectivity index (χ2n) is 5.62. The fourth-order valence-electron chi connectivity index (χ4n) is 2.44. The van der Waals surface area contributed by atoms with Crippen LogP contribution in [0.25, 0.3) is 0 Å². The SMILES string of the molecule is Cc1ccccc1S(=O)(=O)NCC(c1ccccc1Cl)N(C)C. The molecule has 2 aromatic carbocycles. The molecule has 2 aromatic rings. The molecule has 6 heteroatoms. The number of aryl methyl sites for hydroxylation is 1. The van der Waals surface area contributed by atoms with Gasteiger partial charge in [-0.3, -0.25) is 0 Å². The summed E-state index contributed by atoms with van der Waals surface area (Å²) in [6.45, 7) is 2.03. The van der Waals surface area contributed by atoms with Crippen molar-refractivity contribution in [3.8, 4) is 0 Å². The average Bonchev–Trinajstić information content (AvgIpc) is 2.49. The fraction of sp³-hybridized carbons (Fsp3) is 0.294. The maximum absolute atomic E-state index is 12.5. The number of rotatable bonds is 6. The second kappa shape index (κ2) is 7.45. The van der Waals surface area contributed by atoms with Crippen LogP contribution < -0.4 is 4.72 Å². The van der Waals surface area contributed by atoms with Gasteiger partial charge in [-0.25, -0.2) is 13.1 Å². The first-order chi connectivity index (χ1) is 10.8. The molecule has 1 N–H and O–H groups in total. The Hall–Kier alpha value is -1.40. The van der Waals surface area contributed by atoms with Crippen molar-refractivity contribution >= 4 is 21.6 Å². The molecule has 0 saturated heterocycles. The first-order valence-corrected chi connectivity index (χ1v) is 9.15. The highest BCUT2D eigenvalue weighted by molar-refractivity contribution is 7.89. The Morgan fingerprint density at radius 2 is 1.70 bits per heavy atom. The summed E-state index contributed by atoms with van der Waals surface area (Å²) in [4.78, 5) is 2.25. The Kier molecular flexibility index (Phi) is 5.81. The highest BCUT2D eigenvalue weighted by atomic mass is 35.5. The van der Waals surface area contributed by atoms with E-state index in [-0.39, 0.29) is 12.6 Å². The summed E-state index contributed by atoms with van der Waals surface area (Å²) >= 11 is 6.25. The summed E-state index contributed by atoms with van der Waals surface area (Å²) in [5, 5.41) is 0.626. The smallest absolute Gasteiger partial charge is 0.240 e. The Balaban J connectivity index is 2.23. The van der Waals surface area contributed by atoms with E-state index >= 15 is 0 Å². The third-order valence-electron chi connectivity index (χ3n) is 3.74.